The number of hydrogen-bond acceptors (Lipinski definition) is 2. The number of aliphatic imine (C=N–C) groups is 1. The molecule has 0 bridgehead atoms. The molecule has 0 fully saturated rings. The van der Waals surface area contributed by atoms with E-state index in [1.807, 2.05) is 0 Å². The Morgan fingerprint density at radius 1 is 0.926 bits per heavy atom. The third kappa shape index (κ3) is 7.68. The lowest BCUT2D eigenvalue weighted by Gasteiger charge is -2.32. The lowest BCUT2D eigenvalue weighted by Crippen LogP contribution is -2.39. The van der Waals surface area contributed by atoms with Crippen LogP contribution < -0.4 is 5.32 Å². The average molecular weight is 373 g/mol. The van der Waals surface area contributed by atoms with Crippen LogP contribution in [-0.4, -0.2) is 17.8 Å². The van der Waals surface area contributed by atoms with Crippen LogP contribution in [0, 0.1) is 0 Å². The molecule has 0 saturated heterocycles. The maximum Gasteiger partial charge on any atom is 0.0693 e. The van der Waals surface area contributed by atoms with Gasteiger partial charge in [-0.1, -0.05) is 84.9 Å². The van der Waals surface area contributed by atoms with E-state index in [4.69, 9.17) is 4.99 Å². The molecule has 1 rings (SSSR count). The van der Waals surface area contributed by atoms with E-state index in [1.54, 1.807) is 0 Å². The van der Waals surface area contributed by atoms with Gasteiger partial charge in [-0.15, -0.1) is 0 Å². The maximum absolute atomic E-state index is 4.91. The van der Waals surface area contributed by atoms with E-state index in [1.165, 1.54) is 61.1 Å². The van der Waals surface area contributed by atoms with Crippen molar-refractivity contribution in [3.8, 4) is 0 Å². The molecule has 0 radical (unpaired) electrons. The summed E-state index contributed by atoms with van der Waals surface area (Å²) in [7, 11) is 0. The van der Waals surface area contributed by atoms with Crippen molar-refractivity contribution >= 4 is 11.4 Å². The van der Waals surface area contributed by atoms with Gasteiger partial charge in [-0.3, -0.25) is 4.99 Å². The van der Waals surface area contributed by atoms with Crippen molar-refractivity contribution in [1.29, 1.82) is 0 Å². The Labute approximate surface area is 169 Å². The minimum absolute atomic E-state index is 0.142. The molecule has 0 aromatic heterocycles. The fourth-order valence-corrected chi connectivity index (χ4v) is 3.43. The third-order valence-corrected chi connectivity index (χ3v) is 5.58. The zero-order valence-electron chi connectivity index (χ0n) is 19.3. The van der Waals surface area contributed by atoms with Crippen molar-refractivity contribution < 1.29 is 0 Å². The van der Waals surface area contributed by atoms with Gasteiger partial charge in [0.25, 0.3) is 0 Å². The summed E-state index contributed by atoms with van der Waals surface area (Å²) in [6.07, 6.45) is 7.91. The molecule has 0 aliphatic rings. The van der Waals surface area contributed by atoms with Gasteiger partial charge in [0.15, 0.2) is 0 Å². The van der Waals surface area contributed by atoms with Crippen LogP contribution >= 0.6 is 0 Å². The maximum atomic E-state index is 4.91. The van der Waals surface area contributed by atoms with E-state index < -0.39 is 0 Å². The molecule has 1 aromatic carbocycles. The smallest absolute Gasteiger partial charge is 0.0693 e. The molecule has 0 spiro atoms. The molecule has 1 N–H and O–H groups in total. The number of nitrogens with one attached hydrogen (secondary N) is 1. The van der Waals surface area contributed by atoms with Crippen LogP contribution in [0.2, 0.25) is 0 Å². The molecule has 0 atom stereocenters. The van der Waals surface area contributed by atoms with Gasteiger partial charge < -0.3 is 5.32 Å². The van der Waals surface area contributed by atoms with Gasteiger partial charge in [-0.2, -0.15) is 0 Å². The fourth-order valence-electron chi connectivity index (χ4n) is 3.43. The number of rotatable bonds is 12. The number of benzene rings is 1. The van der Waals surface area contributed by atoms with Crippen molar-refractivity contribution in [1.82, 2.24) is 0 Å². The fraction of sp³-hybridized carbons (Fsp3) is 0.720. The Balaban J connectivity index is 2.82. The van der Waals surface area contributed by atoms with E-state index in [0.717, 1.165) is 6.54 Å². The summed E-state index contributed by atoms with van der Waals surface area (Å²) in [4.78, 5) is 4.91. The van der Waals surface area contributed by atoms with Gasteiger partial charge in [-0.05, 0) is 50.2 Å². The Kier molecular flexibility index (Phi) is 10.1. The van der Waals surface area contributed by atoms with E-state index in [9.17, 15) is 0 Å². The Bertz CT molecular complexity index is 556. The van der Waals surface area contributed by atoms with Gasteiger partial charge in [-0.25, -0.2) is 0 Å². The SMILES string of the molecule is CCCCCCCCN=C(C)C(C)(C)Nc1c(C(C)C)cccc1C(C)C. The number of para-hydroxylation sites is 1. The molecule has 2 heteroatoms. The van der Waals surface area contributed by atoms with Crippen molar-refractivity contribution in [3.05, 3.63) is 29.3 Å². The van der Waals surface area contributed by atoms with Crippen LogP contribution in [0.5, 0.6) is 0 Å². The van der Waals surface area contributed by atoms with Crippen LogP contribution in [0.15, 0.2) is 23.2 Å². The highest BCUT2D eigenvalue weighted by molar-refractivity contribution is 5.93. The van der Waals surface area contributed by atoms with Gasteiger partial charge in [0, 0.05) is 17.9 Å². The Morgan fingerprint density at radius 2 is 1.44 bits per heavy atom. The summed E-state index contributed by atoms with van der Waals surface area (Å²) >= 11 is 0. The number of unbranched alkanes of at least 4 members (excludes halogenated alkanes) is 5. The first-order valence-corrected chi connectivity index (χ1v) is 11.1. The molecular formula is C25H44N2. The van der Waals surface area contributed by atoms with Gasteiger partial charge in [0.05, 0.1) is 5.54 Å². The Morgan fingerprint density at radius 3 is 1.96 bits per heavy atom. The highest BCUT2D eigenvalue weighted by Gasteiger charge is 2.25. The second-order valence-corrected chi connectivity index (χ2v) is 9.11. The van der Waals surface area contributed by atoms with Gasteiger partial charge in [0.2, 0.25) is 0 Å². The summed E-state index contributed by atoms with van der Waals surface area (Å²) in [5, 5.41) is 3.86. The molecular weight excluding hydrogens is 328 g/mol. The highest BCUT2D eigenvalue weighted by Crippen LogP contribution is 2.34. The topological polar surface area (TPSA) is 24.4 Å². The van der Waals surface area contributed by atoms with Crippen molar-refractivity contribution in [2.45, 2.75) is 111 Å². The van der Waals surface area contributed by atoms with E-state index in [0.29, 0.717) is 11.8 Å². The zero-order chi connectivity index (χ0) is 20.4. The molecule has 27 heavy (non-hydrogen) atoms. The zero-order valence-corrected chi connectivity index (χ0v) is 19.3. The quantitative estimate of drug-likeness (QED) is 0.292. The molecule has 0 unspecified atom stereocenters. The van der Waals surface area contributed by atoms with Crippen LogP contribution in [0.4, 0.5) is 5.69 Å². The number of anilines is 1. The lowest BCUT2D eigenvalue weighted by atomic mass is 9.90. The normalized spacial score (nSPS) is 12.9. The summed E-state index contributed by atoms with van der Waals surface area (Å²) in [6.45, 7) is 19.0. The van der Waals surface area contributed by atoms with Crippen molar-refractivity contribution in [2.24, 2.45) is 4.99 Å². The van der Waals surface area contributed by atoms with Crippen LogP contribution in [-0.2, 0) is 0 Å². The van der Waals surface area contributed by atoms with Crippen molar-refractivity contribution in [3.63, 3.8) is 0 Å². The summed E-state index contributed by atoms with van der Waals surface area (Å²) < 4.78 is 0. The standard InChI is InChI=1S/C25H44N2/c1-9-10-11-12-13-14-18-26-21(6)25(7,8)27-24-22(19(2)3)16-15-17-23(24)20(4)5/h15-17,19-20,27H,9-14,18H2,1-8H3. The third-order valence-electron chi connectivity index (χ3n) is 5.58. The highest BCUT2D eigenvalue weighted by atomic mass is 15.0. The van der Waals surface area contributed by atoms with Crippen LogP contribution in [0.25, 0.3) is 0 Å². The molecule has 154 valence electrons. The largest absolute Gasteiger partial charge is 0.374 e. The number of nitrogens with zero attached hydrogens (tertiary/aromatic N) is 1. The first-order valence-electron chi connectivity index (χ1n) is 11.1. The first-order chi connectivity index (χ1) is 12.7. The molecule has 0 aliphatic heterocycles. The second-order valence-electron chi connectivity index (χ2n) is 9.11. The minimum atomic E-state index is -0.142. The monoisotopic (exact) mass is 372 g/mol. The second kappa shape index (κ2) is 11.5. The van der Waals surface area contributed by atoms with Gasteiger partial charge >= 0.3 is 0 Å². The minimum Gasteiger partial charge on any atom is -0.374 e. The predicted molar refractivity (Wildman–Crippen MR) is 124 cm³/mol. The van der Waals surface area contributed by atoms with E-state index >= 15 is 0 Å². The summed E-state index contributed by atoms with van der Waals surface area (Å²) in [5.41, 5.74) is 5.17. The molecule has 0 amide bonds. The average Bonchev–Trinajstić information content (AvgIpc) is 2.60. The molecule has 0 saturated carbocycles. The van der Waals surface area contributed by atoms with Crippen LogP contribution in [0.3, 0.4) is 0 Å². The van der Waals surface area contributed by atoms with Crippen LogP contribution in [0.1, 0.15) is 117 Å². The molecule has 0 heterocycles. The molecule has 0 aliphatic carbocycles. The van der Waals surface area contributed by atoms with E-state index in [-0.39, 0.29) is 5.54 Å². The summed E-state index contributed by atoms with van der Waals surface area (Å²) in [6, 6.07) is 6.72. The lowest BCUT2D eigenvalue weighted by molar-refractivity contribution is 0.610. The van der Waals surface area contributed by atoms with Crippen molar-refractivity contribution in [2.75, 3.05) is 11.9 Å². The Hall–Kier alpha value is -1.31. The summed E-state index contributed by atoms with van der Waals surface area (Å²) in [5.74, 6) is 1.00. The van der Waals surface area contributed by atoms with E-state index in [2.05, 4.69) is 78.9 Å². The van der Waals surface area contributed by atoms with Gasteiger partial charge in [0.1, 0.15) is 0 Å². The predicted octanol–water partition coefficient (Wildman–Crippen LogP) is 7.95. The number of hydrogen-bond donors (Lipinski definition) is 1. The first kappa shape index (κ1) is 23.7. The molecule has 2 nitrogen and oxygen atoms in total. The molecule has 1 aromatic rings.